The van der Waals surface area contributed by atoms with Crippen molar-refractivity contribution in [2.75, 3.05) is 4.90 Å². The van der Waals surface area contributed by atoms with Gasteiger partial charge in [0.05, 0.1) is 11.1 Å². The smallest absolute Gasteiger partial charge is 0.113 e. The van der Waals surface area contributed by atoms with Crippen molar-refractivity contribution >= 4 is 35.5 Å². The predicted molar refractivity (Wildman–Crippen MR) is 251 cm³/mol. The number of nitrogens with zero attached hydrogens (tertiary/aromatic N) is 1. The summed E-state index contributed by atoms with van der Waals surface area (Å²) in [6.07, 6.45) is 0. The molecule has 0 saturated carbocycles. The monoisotopic (exact) mass is 769 g/mol. The lowest BCUT2D eigenvalue weighted by Crippen LogP contribution is -2.49. The van der Waals surface area contributed by atoms with E-state index < -0.39 is 13.5 Å². The molecule has 11 rings (SSSR count). The highest BCUT2D eigenvalue weighted by atomic mass is 28.3. The van der Waals surface area contributed by atoms with E-state index in [-0.39, 0.29) is 0 Å². The van der Waals surface area contributed by atoms with Crippen LogP contribution in [0.15, 0.2) is 224 Å². The van der Waals surface area contributed by atoms with Gasteiger partial charge >= 0.3 is 0 Å². The van der Waals surface area contributed by atoms with Crippen LogP contribution in [0.4, 0.5) is 17.1 Å². The third-order valence-corrected chi connectivity index (χ3v) is 16.5. The summed E-state index contributed by atoms with van der Waals surface area (Å²) in [6, 6.07) is 83.5. The number of hydrogen-bond acceptors (Lipinski definition) is 1. The van der Waals surface area contributed by atoms with Crippen LogP contribution in [0.25, 0.3) is 44.5 Å². The summed E-state index contributed by atoms with van der Waals surface area (Å²) in [5.74, 6) is 0. The molecule has 9 aromatic rings. The summed E-state index contributed by atoms with van der Waals surface area (Å²) < 4.78 is 0. The van der Waals surface area contributed by atoms with E-state index in [0.29, 0.717) is 0 Å². The van der Waals surface area contributed by atoms with Gasteiger partial charge in [-0.1, -0.05) is 207 Å². The second kappa shape index (κ2) is 13.8. The summed E-state index contributed by atoms with van der Waals surface area (Å²) in [4.78, 5) is 2.52. The van der Waals surface area contributed by atoms with Crippen molar-refractivity contribution in [1.82, 2.24) is 0 Å². The Kier molecular flexibility index (Phi) is 8.25. The van der Waals surface area contributed by atoms with Gasteiger partial charge in [0, 0.05) is 16.9 Å². The summed E-state index contributed by atoms with van der Waals surface area (Å²) >= 11 is 0. The van der Waals surface area contributed by atoms with Gasteiger partial charge in [0.1, 0.15) is 8.07 Å². The minimum atomic E-state index is -1.97. The fourth-order valence-corrected chi connectivity index (χ4v) is 13.3. The van der Waals surface area contributed by atoms with Crippen LogP contribution in [-0.2, 0) is 5.41 Å². The number of para-hydroxylation sites is 1. The zero-order valence-electron chi connectivity index (χ0n) is 33.3. The number of benzene rings is 9. The van der Waals surface area contributed by atoms with Gasteiger partial charge in [0.15, 0.2) is 0 Å². The molecule has 0 saturated heterocycles. The molecule has 1 nitrogen and oxygen atoms in total. The molecule has 0 bridgehead atoms. The van der Waals surface area contributed by atoms with Crippen LogP contribution in [0.3, 0.4) is 0 Å². The second-order valence-electron chi connectivity index (χ2n) is 16.5. The normalized spacial score (nSPS) is 15.5. The maximum atomic E-state index is 2.52. The average Bonchev–Trinajstić information content (AvgIpc) is 3.73. The highest BCUT2D eigenvalue weighted by molar-refractivity contribution is 7.03. The molecule has 59 heavy (non-hydrogen) atoms. The molecule has 0 radical (unpaired) electrons. The van der Waals surface area contributed by atoms with E-state index in [9.17, 15) is 0 Å². The molecule has 1 unspecified atom stereocenters. The Bertz CT molecular complexity index is 3010. The molecule has 0 amide bonds. The highest BCUT2D eigenvalue weighted by Crippen LogP contribution is 2.57. The number of rotatable bonds is 7. The molecule has 0 spiro atoms. The van der Waals surface area contributed by atoms with Gasteiger partial charge in [0.2, 0.25) is 0 Å². The standard InChI is InChI=1S/C57H43NSi/c1-59(2)55-29-17-14-26-50(55)51-37-35-46(39-56(51)59)58(54-28-16-13-24-47(54)42-20-8-4-9-21-42)45-34-36-49-48-25-12-15-27-52(48)57(53(49)38-45,43-22-10-5-11-23-43)44-32-30-41(31-33-44)40-18-6-3-7-19-40/h3-39H,1-2H3. The second-order valence-corrected chi connectivity index (χ2v) is 20.8. The Morgan fingerprint density at radius 1 is 0.339 bits per heavy atom. The zero-order valence-corrected chi connectivity index (χ0v) is 34.3. The first kappa shape index (κ1) is 35.2. The van der Waals surface area contributed by atoms with Crippen LogP contribution < -0.4 is 15.3 Å². The van der Waals surface area contributed by atoms with E-state index in [2.05, 4.69) is 242 Å². The zero-order chi connectivity index (χ0) is 39.6. The fourth-order valence-electron chi connectivity index (χ4n) is 10.2. The Balaban J connectivity index is 1.17. The lowest BCUT2D eigenvalue weighted by atomic mass is 9.67. The van der Waals surface area contributed by atoms with Crippen molar-refractivity contribution in [2.45, 2.75) is 18.5 Å². The van der Waals surface area contributed by atoms with Crippen molar-refractivity contribution in [2.24, 2.45) is 0 Å². The molecule has 1 atom stereocenters. The minimum Gasteiger partial charge on any atom is -0.310 e. The van der Waals surface area contributed by atoms with Crippen molar-refractivity contribution < 1.29 is 0 Å². The van der Waals surface area contributed by atoms with Gasteiger partial charge in [-0.2, -0.15) is 0 Å². The summed E-state index contributed by atoms with van der Waals surface area (Å²) in [7, 11) is -1.97. The van der Waals surface area contributed by atoms with Gasteiger partial charge in [0.25, 0.3) is 0 Å². The van der Waals surface area contributed by atoms with Crippen molar-refractivity contribution in [3.8, 4) is 44.5 Å². The maximum Gasteiger partial charge on any atom is 0.113 e. The first-order chi connectivity index (χ1) is 29.0. The SMILES string of the molecule is C[Si]1(C)c2ccccc2-c2ccc(N(c3ccc4c(c3)C(c3ccccc3)(c3ccc(-c5ccccc5)cc3)c3ccccc3-4)c3ccccc3-c3ccccc3)cc21. The minimum absolute atomic E-state index is 0.544. The number of anilines is 3. The van der Waals surface area contributed by atoms with Crippen LogP contribution in [0.1, 0.15) is 22.3 Å². The molecule has 1 aliphatic heterocycles. The molecule has 9 aromatic carbocycles. The van der Waals surface area contributed by atoms with Gasteiger partial charge < -0.3 is 4.90 Å². The van der Waals surface area contributed by atoms with Crippen molar-refractivity contribution in [3.05, 3.63) is 247 Å². The Hall–Kier alpha value is -7.00. The summed E-state index contributed by atoms with van der Waals surface area (Å²) in [5.41, 5.74) is 18.2. The molecule has 1 heterocycles. The van der Waals surface area contributed by atoms with Crippen LogP contribution in [0.5, 0.6) is 0 Å². The van der Waals surface area contributed by atoms with E-state index in [1.54, 1.807) is 0 Å². The van der Waals surface area contributed by atoms with E-state index in [1.165, 1.54) is 82.8 Å². The van der Waals surface area contributed by atoms with Crippen LogP contribution in [0, 0.1) is 0 Å². The van der Waals surface area contributed by atoms with Crippen LogP contribution in [-0.4, -0.2) is 8.07 Å². The van der Waals surface area contributed by atoms with E-state index in [1.807, 2.05) is 0 Å². The Morgan fingerprint density at radius 2 is 0.831 bits per heavy atom. The largest absolute Gasteiger partial charge is 0.310 e. The molecule has 0 aromatic heterocycles. The summed E-state index contributed by atoms with van der Waals surface area (Å²) in [5, 5.41) is 3.01. The van der Waals surface area contributed by atoms with Crippen molar-refractivity contribution in [3.63, 3.8) is 0 Å². The molecule has 1 aliphatic carbocycles. The highest BCUT2D eigenvalue weighted by Gasteiger charge is 2.46. The number of hydrogen-bond donors (Lipinski definition) is 0. The van der Waals surface area contributed by atoms with E-state index in [0.717, 1.165) is 11.4 Å². The van der Waals surface area contributed by atoms with Gasteiger partial charge in [-0.05, 0) is 102 Å². The molecular weight excluding hydrogens is 727 g/mol. The summed E-state index contributed by atoms with van der Waals surface area (Å²) in [6.45, 7) is 5.02. The fraction of sp³-hybridized carbons (Fsp3) is 0.0526. The van der Waals surface area contributed by atoms with Crippen LogP contribution in [0.2, 0.25) is 13.1 Å². The quantitative estimate of drug-likeness (QED) is 0.146. The lowest BCUT2D eigenvalue weighted by molar-refractivity contribution is 0.768. The molecule has 2 heteroatoms. The van der Waals surface area contributed by atoms with Gasteiger partial charge in [-0.3, -0.25) is 0 Å². The third kappa shape index (κ3) is 5.44. The predicted octanol–water partition coefficient (Wildman–Crippen LogP) is 13.7. The third-order valence-electron chi connectivity index (χ3n) is 13.0. The van der Waals surface area contributed by atoms with E-state index in [4.69, 9.17) is 0 Å². The molecule has 0 N–H and O–H groups in total. The van der Waals surface area contributed by atoms with E-state index >= 15 is 0 Å². The Labute approximate surface area is 348 Å². The Morgan fingerprint density at radius 3 is 1.56 bits per heavy atom. The molecule has 0 fully saturated rings. The van der Waals surface area contributed by atoms with Gasteiger partial charge in [-0.15, -0.1) is 0 Å². The van der Waals surface area contributed by atoms with Gasteiger partial charge in [-0.25, -0.2) is 0 Å². The maximum absolute atomic E-state index is 2.52. The first-order valence-corrected chi connectivity index (χ1v) is 23.7. The first-order valence-electron chi connectivity index (χ1n) is 20.7. The van der Waals surface area contributed by atoms with Crippen LogP contribution >= 0.6 is 0 Å². The number of fused-ring (bicyclic) bond motifs is 6. The van der Waals surface area contributed by atoms with Crippen molar-refractivity contribution in [1.29, 1.82) is 0 Å². The lowest BCUT2D eigenvalue weighted by Gasteiger charge is -2.35. The topological polar surface area (TPSA) is 3.24 Å². The average molecular weight is 770 g/mol. The molecule has 280 valence electrons. The molecular formula is C57H43NSi. The molecule has 2 aliphatic rings.